The van der Waals surface area contributed by atoms with Crippen LogP contribution in [-0.2, 0) is 11.3 Å². The van der Waals surface area contributed by atoms with Gasteiger partial charge in [-0.05, 0) is 18.4 Å². The van der Waals surface area contributed by atoms with Crippen molar-refractivity contribution in [3.8, 4) is 0 Å². The van der Waals surface area contributed by atoms with E-state index in [1.165, 1.54) is 11.9 Å². The average Bonchev–Trinajstić information content (AvgIpc) is 2.76. The number of hydrogen-bond acceptors (Lipinski definition) is 8. The molecule has 9 heteroatoms. The molecule has 2 fully saturated rings. The number of anilines is 2. The van der Waals surface area contributed by atoms with Crippen molar-refractivity contribution in [3.63, 3.8) is 0 Å². The van der Waals surface area contributed by atoms with Crippen LogP contribution < -0.4 is 10.2 Å². The van der Waals surface area contributed by atoms with Gasteiger partial charge in [-0.15, -0.1) is 0 Å². The second-order valence-electron chi connectivity index (χ2n) is 7.43. The first kappa shape index (κ1) is 19.5. The first-order chi connectivity index (χ1) is 14.2. The zero-order valence-electron chi connectivity index (χ0n) is 16.4. The monoisotopic (exact) mass is 398 g/mol. The molecular weight excluding hydrogens is 372 g/mol. The van der Waals surface area contributed by atoms with Crippen LogP contribution in [0.25, 0.3) is 0 Å². The lowest BCUT2D eigenvalue weighted by Crippen LogP contribution is -2.39. The van der Waals surface area contributed by atoms with Crippen LogP contribution in [0.4, 0.5) is 17.3 Å². The summed E-state index contributed by atoms with van der Waals surface area (Å²) < 4.78 is 5.35. The predicted molar refractivity (Wildman–Crippen MR) is 110 cm³/mol. The lowest BCUT2D eigenvalue weighted by Gasteiger charge is -2.33. The molecule has 0 atom stereocenters. The molecule has 0 spiro atoms. The molecule has 4 rings (SSSR count). The van der Waals surface area contributed by atoms with Crippen molar-refractivity contribution >= 4 is 17.3 Å². The molecular formula is C20H26N6O3. The molecule has 9 nitrogen and oxygen atoms in total. The van der Waals surface area contributed by atoms with E-state index in [0.717, 1.165) is 32.5 Å². The summed E-state index contributed by atoms with van der Waals surface area (Å²) in [5, 5.41) is 15.1. The first-order valence-corrected chi connectivity index (χ1v) is 10.1. The lowest BCUT2D eigenvalue weighted by molar-refractivity contribution is -0.383. The zero-order chi connectivity index (χ0) is 20.1. The molecule has 1 aromatic heterocycles. The van der Waals surface area contributed by atoms with Gasteiger partial charge in [-0.2, -0.15) is 0 Å². The van der Waals surface area contributed by atoms with Gasteiger partial charge in [-0.3, -0.25) is 15.0 Å². The number of likely N-dealkylation sites (tertiary alicyclic amines) is 1. The highest BCUT2D eigenvalue weighted by Crippen LogP contribution is 2.33. The lowest BCUT2D eigenvalue weighted by atomic mass is 10.0. The van der Waals surface area contributed by atoms with Gasteiger partial charge in [-0.1, -0.05) is 30.3 Å². The Bertz CT molecular complexity index is 820. The van der Waals surface area contributed by atoms with Gasteiger partial charge < -0.3 is 15.0 Å². The number of rotatable bonds is 6. The minimum Gasteiger partial charge on any atom is -0.378 e. The highest BCUT2D eigenvalue weighted by atomic mass is 16.6. The molecule has 29 heavy (non-hydrogen) atoms. The van der Waals surface area contributed by atoms with Crippen molar-refractivity contribution < 1.29 is 9.66 Å². The van der Waals surface area contributed by atoms with Gasteiger partial charge in [-0.25, -0.2) is 9.97 Å². The molecule has 0 aliphatic carbocycles. The molecule has 0 amide bonds. The Hall–Kier alpha value is -2.78. The molecule has 0 unspecified atom stereocenters. The third kappa shape index (κ3) is 4.80. The molecule has 2 aliphatic heterocycles. The average molecular weight is 398 g/mol. The van der Waals surface area contributed by atoms with Crippen LogP contribution in [0, 0.1) is 10.1 Å². The summed E-state index contributed by atoms with van der Waals surface area (Å²) in [6, 6.07) is 10.6. The fourth-order valence-corrected chi connectivity index (χ4v) is 3.92. The van der Waals surface area contributed by atoms with E-state index in [1.807, 2.05) is 11.0 Å². The second-order valence-corrected chi connectivity index (χ2v) is 7.43. The van der Waals surface area contributed by atoms with Gasteiger partial charge >= 0.3 is 5.69 Å². The fourth-order valence-electron chi connectivity index (χ4n) is 3.92. The molecule has 2 aliphatic rings. The third-order valence-corrected chi connectivity index (χ3v) is 5.47. The van der Waals surface area contributed by atoms with E-state index in [0.29, 0.717) is 37.9 Å². The summed E-state index contributed by atoms with van der Waals surface area (Å²) in [4.78, 5) is 24.1. The molecule has 0 radical (unpaired) electrons. The molecule has 1 aromatic carbocycles. The van der Waals surface area contributed by atoms with Gasteiger partial charge in [0.15, 0.2) is 0 Å². The maximum absolute atomic E-state index is 11.8. The molecule has 2 saturated heterocycles. The van der Waals surface area contributed by atoms with E-state index in [9.17, 15) is 10.1 Å². The van der Waals surface area contributed by atoms with Gasteiger partial charge in [0.05, 0.1) is 18.1 Å². The number of nitro groups is 1. The minimum atomic E-state index is -0.377. The normalized spacial score (nSPS) is 18.6. The fraction of sp³-hybridized carbons (Fsp3) is 0.500. The zero-order valence-corrected chi connectivity index (χ0v) is 16.4. The molecule has 2 aromatic rings. The molecule has 0 saturated carbocycles. The molecule has 3 heterocycles. The van der Waals surface area contributed by atoms with Crippen molar-refractivity contribution in [2.24, 2.45) is 0 Å². The highest BCUT2D eigenvalue weighted by molar-refractivity contribution is 5.70. The van der Waals surface area contributed by atoms with Crippen LogP contribution in [0.1, 0.15) is 18.4 Å². The van der Waals surface area contributed by atoms with Crippen LogP contribution in [0.3, 0.4) is 0 Å². The smallest absolute Gasteiger partial charge is 0.353 e. The number of piperidine rings is 1. The summed E-state index contributed by atoms with van der Waals surface area (Å²) in [7, 11) is 0. The number of morpholine rings is 1. The maximum atomic E-state index is 11.8. The van der Waals surface area contributed by atoms with E-state index in [2.05, 4.69) is 44.5 Å². The predicted octanol–water partition coefficient (Wildman–Crippen LogP) is 2.30. The van der Waals surface area contributed by atoms with Crippen LogP contribution in [0.15, 0.2) is 36.7 Å². The van der Waals surface area contributed by atoms with Gasteiger partial charge in [0.25, 0.3) is 0 Å². The topological polar surface area (TPSA) is 96.7 Å². The van der Waals surface area contributed by atoms with Gasteiger partial charge in [0.2, 0.25) is 11.6 Å². The summed E-state index contributed by atoms with van der Waals surface area (Å²) >= 11 is 0. The number of nitrogens with zero attached hydrogens (tertiary/aromatic N) is 5. The Morgan fingerprint density at radius 2 is 1.83 bits per heavy atom. The number of aromatic nitrogens is 2. The van der Waals surface area contributed by atoms with E-state index < -0.39 is 0 Å². The molecule has 154 valence electrons. The third-order valence-electron chi connectivity index (χ3n) is 5.47. The maximum Gasteiger partial charge on any atom is 0.353 e. The van der Waals surface area contributed by atoms with E-state index in [4.69, 9.17) is 4.74 Å². The molecule has 1 N–H and O–H groups in total. The minimum absolute atomic E-state index is 0.0406. The Morgan fingerprint density at radius 3 is 2.52 bits per heavy atom. The van der Waals surface area contributed by atoms with Crippen LogP contribution in [-0.4, -0.2) is 65.2 Å². The first-order valence-electron chi connectivity index (χ1n) is 10.1. The van der Waals surface area contributed by atoms with Gasteiger partial charge in [0.1, 0.15) is 6.33 Å². The van der Waals surface area contributed by atoms with E-state index in [1.54, 1.807) is 0 Å². The number of ether oxygens (including phenoxy) is 1. The van der Waals surface area contributed by atoms with Gasteiger partial charge in [0, 0.05) is 38.8 Å². The Morgan fingerprint density at radius 1 is 1.10 bits per heavy atom. The van der Waals surface area contributed by atoms with Crippen molar-refractivity contribution in [1.29, 1.82) is 0 Å². The summed E-state index contributed by atoms with van der Waals surface area (Å²) in [5.41, 5.74) is 1.27. The van der Waals surface area contributed by atoms with E-state index in [-0.39, 0.29) is 16.7 Å². The van der Waals surface area contributed by atoms with Crippen molar-refractivity contribution in [1.82, 2.24) is 14.9 Å². The number of benzene rings is 1. The standard InChI is InChI=1S/C20H26N6O3/c27-26(28)18-19(21-15-22-20(18)25-10-12-29-13-11-25)23-17-6-8-24(9-7-17)14-16-4-2-1-3-5-16/h1-5,15,17H,6-14H2,(H,21,22,23). The van der Waals surface area contributed by atoms with Crippen molar-refractivity contribution in [2.45, 2.75) is 25.4 Å². The highest BCUT2D eigenvalue weighted by Gasteiger charge is 2.30. The van der Waals surface area contributed by atoms with Crippen LogP contribution in [0.5, 0.6) is 0 Å². The quantitative estimate of drug-likeness (QED) is 0.585. The van der Waals surface area contributed by atoms with E-state index >= 15 is 0 Å². The second kappa shape index (κ2) is 9.15. The largest absolute Gasteiger partial charge is 0.378 e. The van der Waals surface area contributed by atoms with Crippen LogP contribution >= 0.6 is 0 Å². The number of nitrogens with one attached hydrogen (secondary N) is 1. The van der Waals surface area contributed by atoms with Crippen molar-refractivity contribution in [2.75, 3.05) is 49.6 Å². The Kier molecular flexibility index (Phi) is 6.16. The molecule has 0 bridgehead atoms. The van der Waals surface area contributed by atoms with Crippen LogP contribution in [0.2, 0.25) is 0 Å². The summed E-state index contributed by atoms with van der Waals surface area (Å²) in [6.07, 6.45) is 3.24. The van der Waals surface area contributed by atoms with Crippen molar-refractivity contribution in [3.05, 3.63) is 52.3 Å². The Labute approximate surface area is 169 Å². The Balaban J connectivity index is 1.41. The SMILES string of the molecule is O=[N+]([O-])c1c(NC2CCN(Cc3ccccc3)CC2)ncnc1N1CCOCC1. The summed E-state index contributed by atoms with van der Waals surface area (Å²) in [5.74, 6) is 0.685. The number of hydrogen-bond donors (Lipinski definition) is 1. The summed E-state index contributed by atoms with van der Waals surface area (Å²) in [6.45, 7) is 5.10.